The quantitative estimate of drug-likeness (QED) is 0.797. The first-order chi connectivity index (χ1) is 11.1. The number of ether oxygens (including phenoxy) is 1. The summed E-state index contributed by atoms with van der Waals surface area (Å²) >= 11 is 5.97. The van der Waals surface area contributed by atoms with Crippen LogP contribution in [-0.2, 0) is 19.7 Å². The van der Waals surface area contributed by atoms with Crippen LogP contribution in [0.25, 0.3) is 0 Å². The number of likely N-dealkylation sites (tertiary alicyclic amines) is 1. The van der Waals surface area contributed by atoms with Gasteiger partial charge in [-0.2, -0.15) is 0 Å². The fourth-order valence-electron chi connectivity index (χ4n) is 3.71. The number of piperidine rings is 1. The van der Waals surface area contributed by atoms with Crippen molar-refractivity contribution in [2.24, 2.45) is 5.92 Å². The summed E-state index contributed by atoms with van der Waals surface area (Å²) in [5.41, 5.74) is 0.677. The van der Waals surface area contributed by atoms with Crippen molar-refractivity contribution in [2.45, 2.75) is 37.5 Å². The molecule has 0 radical (unpaired) electrons. The zero-order chi connectivity index (χ0) is 16.4. The lowest BCUT2D eigenvalue weighted by Gasteiger charge is -2.45. The third-order valence-corrected chi connectivity index (χ3v) is 5.58. The van der Waals surface area contributed by atoms with Crippen molar-refractivity contribution in [1.29, 1.82) is 0 Å². The van der Waals surface area contributed by atoms with Crippen LogP contribution in [0.1, 0.15) is 37.7 Å². The molecule has 0 unspecified atom stereocenters. The minimum Gasteiger partial charge on any atom is -0.469 e. The highest BCUT2D eigenvalue weighted by atomic mass is 35.5. The van der Waals surface area contributed by atoms with E-state index in [9.17, 15) is 9.59 Å². The van der Waals surface area contributed by atoms with Gasteiger partial charge in [-0.05, 0) is 43.4 Å². The summed E-state index contributed by atoms with van der Waals surface area (Å²) < 4.78 is 4.81. The molecule has 2 aliphatic rings. The Morgan fingerprint density at radius 1 is 1.17 bits per heavy atom. The largest absolute Gasteiger partial charge is 0.469 e. The van der Waals surface area contributed by atoms with E-state index in [0.717, 1.165) is 24.8 Å². The van der Waals surface area contributed by atoms with Crippen LogP contribution in [0, 0.1) is 5.92 Å². The van der Waals surface area contributed by atoms with Gasteiger partial charge in [0, 0.05) is 18.1 Å². The van der Waals surface area contributed by atoms with Crippen LogP contribution < -0.4 is 0 Å². The Labute approximate surface area is 141 Å². The monoisotopic (exact) mass is 335 g/mol. The molecule has 4 nitrogen and oxygen atoms in total. The van der Waals surface area contributed by atoms with Gasteiger partial charge in [-0.1, -0.05) is 30.2 Å². The maximum absolute atomic E-state index is 13.1. The number of hydrogen-bond donors (Lipinski definition) is 0. The van der Waals surface area contributed by atoms with Gasteiger partial charge in [0.05, 0.1) is 18.4 Å². The van der Waals surface area contributed by atoms with Crippen LogP contribution in [0.2, 0.25) is 5.02 Å². The van der Waals surface area contributed by atoms with E-state index in [4.69, 9.17) is 16.3 Å². The van der Waals surface area contributed by atoms with E-state index < -0.39 is 0 Å². The number of hydrogen-bond acceptors (Lipinski definition) is 3. The van der Waals surface area contributed by atoms with Crippen molar-refractivity contribution in [1.82, 2.24) is 4.90 Å². The molecule has 124 valence electrons. The molecule has 1 aromatic carbocycles. The van der Waals surface area contributed by atoms with Gasteiger partial charge < -0.3 is 9.64 Å². The molecule has 2 fully saturated rings. The fraction of sp³-hybridized carbons (Fsp3) is 0.556. The number of benzene rings is 1. The second kappa shape index (κ2) is 6.52. The Bertz CT molecular complexity index is 587. The molecular weight excluding hydrogens is 314 g/mol. The van der Waals surface area contributed by atoms with E-state index in [1.165, 1.54) is 7.11 Å². The Kier molecular flexibility index (Phi) is 4.62. The molecule has 1 heterocycles. The minimum absolute atomic E-state index is 0.0723. The van der Waals surface area contributed by atoms with Crippen LogP contribution >= 0.6 is 11.6 Å². The zero-order valence-electron chi connectivity index (χ0n) is 13.4. The van der Waals surface area contributed by atoms with Crippen LogP contribution in [0.3, 0.4) is 0 Å². The molecule has 0 N–H and O–H groups in total. The van der Waals surface area contributed by atoms with Gasteiger partial charge in [0.15, 0.2) is 0 Å². The van der Waals surface area contributed by atoms with Gasteiger partial charge in [-0.25, -0.2) is 0 Å². The van der Waals surface area contributed by atoms with E-state index in [2.05, 4.69) is 0 Å². The van der Waals surface area contributed by atoms with Gasteiger partial charge in [0.1, 0.15) is 0 Å². The number of methoxy groups -OCH3 is 1. The number of carbonyl (C=O) groups excluding carboxylic acids is 2. The van der Waals surface area contributed by atoms with Crippen molar-refractivity contribution >= 4 is 23.5 Å². The maximum atomic E-state index is 13.1. The van der Waals surface area contributed by atoms with Crippen molar-refractivity contribution in [3.8, 4) is 0 Å². The predicted molar refractivity (Wildman–Crippen MR) is 88.3 cm³/mol. The number of carbonyl (C=O) groups is 2. The second-order valence-corrected chi connectivity index (χ2v) is 6.97. The lowest BCUT2D eigenvalue weighted by molar-refractivity contribution is -0.151. The highest BCUT2D eigenvalue weighted by Gasteiger charge is 2.48. The topological polar surface area (TPSA) is 46.6 Å². The smallest absolute Gasteiger partial charge is 0.308 e. The standard InChI is InChI=1S/C18H22ClNO3/c1-23-16(21)13-7-11-20(12-8-13)17(22)18(9-2-10-18)14-3-5-15(19)6-4-14/h3-6,13H,2,7-12H2,1H3. The molecule has 0 bridgehead atoms. The molecule has 0 atom stereocenters. The summed E-state index contributed by atoms with van der Waals surface area (Å²) in [6, 6.07) is 7.66. The van der Waals surface area contributed by atoms with E-state index >= 15 is 0 Å². The highest BCUT2D eigenvalue weighted by Crippen LogP contribution is 2.46. The first kappa shape index (κ1) is 16.3. The van der Waals surface area contributed by atoms with E-state index in [0.29, 0.717) is 31.0 Å². The van der Waals surface area contributed by atoms with E-state index in [-0.39, 0.29) is 23.2 Å². The Morgan fingerprint density at radius 3 is 2.26 bits per heavy atom. The molecule has 1 saturated carbocycles. The van der Waals surface area contributed by atoms with E-state index in [1.807, 2.05) is 29.2 Å². The zero-order valence-corrected chi connectivity index (χ0v) is 14.1. The van der Waals surface area contributed by atoms with Gasteiger partial charge in [-0.3, -0.25) is 9.59 Å². The average molecular weight is 336 g/mol. The van der Waals surface area contributed by atoms with Crippen LogP contribution in [0.4, 0.5) is 0 Å². The SMILES string of the molecule is COC(=O)C1CCN(C(=O)C2(c3ccc(Cl)cc3)CCC2)CC1. The van der Waals surface area contributed by atoms with Crippen molar-refractivity contribution < 1.29 is 14.3 Å². The average Bonchev–Trinajstić information content (AvgIpc) is 2.55. The lowest BCUT2D eigenvalue weighted by Crippen LogP contribution is -2.53. The summed E-state index contributed by atoms with van der Waals surface area (Å²) in [7, 11) is 1.42. The summed E-state index contributed by atoms with van der Waals surface area (Å²) in [6.45, 7) is 1.27. The Hall–Kier alpha value is -1.55. The molecule has 0 aromatic heterocycles. The molecule has 23 heavy (non-hydrogen) atoms. The summed E-state index contributed by atoms with van der Waals surface area (Å²) in [5.74, 6) is -0.0283. The fourth-order valence-corrected chi connectivity index (χ4v) is 3.84. The molecule has 1 amide bonds. The maximum Gasteiger partial charge on any atom is 0.308 e. The Morgan fingerprint density at radius 2 is 1.78 bits per heavy atom. The second-order valence-electron chi connectivity index (χ2n) is 6.53. The first-order valence-electron chi connectivity index (χ1n) is 8.20. The van der Waals surface area contributed by atoms with Crippen molar-refractivity contribution in [3.05, 3.63) is 34.9 Å². The molecule has 3 rings (SSSR count). The number of nitrogens with zero attached hydrogens (tertiary/aromatic N) is 1. The van der Waals surface area contributed by atoms with Crippen LogP contribution in [0.5, 0.6) is 0 Å². The van der Waals surface area contributed by atoms with E-state index in [1.54, 1.807) is 0 Å². The molecule has 1 aliphatic carbocycles. The number of rotatable bonds is 3. The highest BCUT2D eigenvalue weighted by molar-refractivity contribution is 6.30. The Balaban J connectivity index is 1.72. The lowest BCUT2D eigenvalue weighted by atomic mass is 9.63. The molecule has 5 heteroatoms. The van der Waals surface area contributed by atoms with Crippen molar-refractivity contribution in [2.75, 3.05) is 20.2 Å². The van der Waals surface area contributed by atoms with Gasteiger partial charge in [0.25, 0.3) is 0 Å². The molecule has 1 aliphatic heterocycles. The number of amides is 1. The summed E-state index contributed by atoms with van der Waals surface area (Å²) in [4.78, 5) is 26.7. The molecule has 1 saturated heterocycles. The predicted octanol–water partition coefficient (Wildman–Crippen LogP) is 3.17. The molecule has 1 aromatic rings. The number of esters is 1. The van der Waals surface area contributed by atoms with Gasteiger partial charge >= 0.3 is 5.97 Å². The van der Waals surface area contributed by atoms with Gasteiger partial charge in [-0.15, -0.1) is 0 Å². The normalized spacial score (nSPS) is 20.7. The van der Waals surface area contributed by atoms with Crippen LogP contribution in [-0.4, -0.2) is 37.0 Å². The third-order valence-electron chi connectivity index (χ3n) is 5.33. The minimum atomic E-state index is -0.386. The third kappa shape index (κ3) is 2.97. The molecule has 0 spiro atoms. The van der Waals surface area contributed by atoms with Crippen molar-refractivity contribution in [3.63, 3.8) is 0 Å². The van der Waals surface area contributed by atoms with Gasteiger partial charge in [0.2, 0.25) is 5.91 Å². The summed E-state index contributed by atoms with van der Waals surface area (Å²) in [5, 5.41) is 0.689. The molecular formula is C18H22ClNO3. The van der Waals surface area contributed by atoms with Crippen LogP contribution in [0.15, 0.2) is 24.3 Å². The summed E-state index contributed by atoms with van der Waals surface area (Å²) in [6.07, 6.45) is 4.24. The number of halogens is 1. The first-order valence-corrected chi connectivity index (χ1v) is 8.58.